The maximum atomic E-state index is 9.99. The van der Waals surface area contributed by atoms with Crippen LogP contribution in [0, 0.1) is 0 Å². The zero-order valence-electron chi connectivity index (χ0n) is 5.78. The number of rotatable bonds is 4. The van der Waals surface area contributed by atoms with Gasteiger partial charge in [-0.15, -0.1) is 0 Å². The van der Waals surface area contributed by atoms with Gasteiger partial charge in [0.2, 0.25) is 0 Å². The molecule has 7 heteroatoms. The van der Waals surface area contributed by atoms with Crippen molar-refractivity contribution in [3.8, 4) is 0 Å². The first kappa shape index (κ1) is 17.8. The van der Waals surface area contributed by atoms with E-state index < -0.39 is 18.0 Å². The van der Waals surface area contributed by atoms with Crippen LogP contribution in [0.25, 0.3) is 0 Å². The molecule has 0 aromatic carbocycles. The number of nitrogens with two attached hydrogens (primary N) is 1. The van der Waals surface area contributed by atoms with Crippen molar-refractivity contribution in [3.05, 3.63) is 0 Å². The van der Waals surface area contributed by atoms with Crippen LogP contribution in [0.15, 0.2) is 0 Å². The van der Waals surface area contributed by atoms with Crippen molar-refractivity contribution in [3.63, 3.8) is 0 Å². The number of carbonyl (C=O) groups is 2. The van der Waals surface area contributed by atoms with Gasteiger partial charge in [-0.1, -0.05) is 0 Å². The van der Waals surface area contributed by atoms with Gasteiger partial charge in [0.15, 0.2) is 0 Å². The van der Waals surface area contributed by atoms with E-state index in [1.807, 2.05) is 0 Å². The van der Waals surface area contributed by atoms with Gasteiger partial charge in [0.05, 0.1) is 0 Å². The molecule has 0 aliphatic rings. The minimum atomic E-state index is -1.17. The molecule has 0 aliphatic heterocycles. The summed E-state index contributed by atoms with van der Waals surface area (Å²) in [5, 5.41) is 16.3. The van der Waals surface area contributed by atoms with Crippen molar-refractivity contribution in [2.24, 2.45) is 5.73 Å². The summed E-state index contributed by atoms with van der Waals surface area (Å²) in [6.45, 7) is 0. The Morgan fingerprint density at radius 3 is 2.00 bits per heavy atom. The molecule has 0 aromatic rings. The molecule has 6 nitrogen and oxygen atoms in total. The van der Waals surface area contributed by atoms with E-state index in [1.165, 1.54) is 0 Å². The van der Waals surface area contributed by atoms with Crippen LogP contribution in [-0.2, 0) is 9.59 Å². The van der Waals surface area contributed by atoms with Gasteiger partial charge in [-0.05, 0) is 6.42 Å². The first-order chi connectivity index (χ1) is 4.54. The summed E-state index contributed by atoms with van der Waals surface area (Å²) in [6.07, 6.45) is -0.224. The van der Waals surface area contributed by atoms with Gasteiger partial charge < -0.3 is 21.4 Å². The van der Waals surface area contributed by atoms with Crippen molar-refractivity contribution >= 4 is 41.5 Å². The first-order valence-corrected chi connectivity index (χ1v) is 2.74. The molecule has 0 saturated carbocycles. The topological polar surface area (TPSA) is 132 Å². The molecule has 0 aliphatic carbocycles. The summed E-state index contributed by atoms with van der Waals surface area (Å²) in [4.78, 5) is 19.9. The molecule has 0 bridgehead atoms. The van der Waals surface area contributed by atoms with E-state index in [0.29, 0.717) is 0 Å². The predicted octanol–water partition coefficient (Wildman–Crippen LogP) is -2.21. The molecule has 0 radical (unpaired) electrons. The molecule has 0 spiro atoms. The molecule has 0 amide bonds. The van der Waals surface area contributed by atoms with E-state index in [-0.39, 0.29) is 47.9 Å². The second-order valence-electron chi connectivity index (χ2n) is 1.88. The van der Waals surface area contributed by atoms with Crippen molar-refractivity contribution in [2.45, 2.75) is 18.9 Å². The van der Waals surface area contributed by atoms with E-state index >= 15 is 0 Å². The van der Waals surface area contributed by atoms with Gasteiger partial charge in [-0.2, -0.15) is 0 Å². The van der Waals surface area contributed by atoms with Gasteiger partial charge >= 0.3 is 41.5 Å². The molecule has 0 aromatic heterocycles. The SMILES string of the molecule is N[C@H](CCC(=O)O)C(=O)O.O.[NaH]. The molecular weight excluding hydrogens is 177 g/mol. The van der Waals surface area contributed by atoms with Crippen LogP contribution in [0.1, 0.15) is 12.8 Å². The predicted molar refractivity (Wildman–Crippen MR) is 43.2 cm³/mol. The van der Waals surface area contributed by atoms with Crippen molar-refractivity contribution in [1.29, 1.82) is 0 Å². The van der Waals surface area contributed by atoms with Crippen LogP contribution in [0.2, 0.25) is 0 Å². The Morgan fingerprint density at radius 1 is 1.33 bits per heavy atom. The summed E-state index contributed by atoms with van der Waals surface area (Å²) >= 11 is 0. The summed E-state index contributed by atoms with van der Waals surface area (Å²) in [6, 6.07) is -1.06. The normalized spacial score (nSPS) is 10.4. The van der Waals surface area contributed by atoms with Gasteiger partial charge in [-0.3, -0.25) is 9.59 Å². The van der Waals surface area contributed by atoms with Crippen LogP contribution in [-0.4, -0.2) is 63.2 Å². The summed E-state index contributed by atoms with van der Waals surface area (Å²) in [5.74, 6) is -2.20. The number of aliphatic carboxylic acids is 2. The Labute approximate surface area is 91.3 Å². The number of carboxylic acids is 2. The number of carboxylic acid groups (broad SMARTS) is 2. The molecule has 1 atom stereocenters. The van der Waals surface area contributed by atoms with E-state index in [0.717, 1.165) is 0 Å². The molecule has 0 unspecified atom stereocenters. The van der Waals surface area contributed by atoms with Gasteiger partial charge in [0.1, 0.15) is 6.04 Å². The Bertz CT molecular complexity index is 151. The van der Waals surface area contributed by atoms with E-state index in [1.54, 1.807) is 0 Å². The third kappa shape index (κ3) is 9.86. The fourth-order valence-electron chi connectivity index (χ4n) is 0.402. The van der Waals surface area contributed by atoms with Gasteiger partial charge in [0.25, 0.3) is 0 Å². The van der Waals surface area contributed by atoms with Crippen LogP contribution in [0.3, 0.4) is 0 Å². The van der Waals surface area contributed by atoms with E-state index in [9.17, 15) is 9.59 Å². The zero-order valence-corrected chi connectivity index (χ0v) is 5.78. The fourth-order valence-corrected chi connectivity index (χ4v) is 0.402. The molecule has 0 saturated heterocycles. The van der Waals surface area contributed by atoms with E-state index in [2.05, 4.69) is 0 Å². The average molecular weight is 189 g/mol. The minimum absolute atomic E-state index is 0. The summed E-state index contributed by atoms with van der Waals surface area (Å²) in [5.41, 5.74) is 5.00. The molecule has 0 rings (SSSR count). The molecule has 68 valence electrons. The average Bonchev–Trinajstić information content (AvgIpc) is 1.82. The molecule has 0 heterocycles. The molecular formula is C5H12NNaO5. The van der Waals surface area contributed by atoms with Crippen LogP contribution < -0.4 is 5.73 Å². The Kier molecular flexibility index (Phi) is 13.3. The second kappa shape index (κ2) is 8.95. The second-order valence-corrected chi connectivity index (χ2v) is 1.88. The zero-order chi connectivity index (χ0) is 8.15. The van der Waals surface area contributed by atoms with Crippen molar-refractivity contribution in [2.75, 3.05) is 0 Å². The Morgan fingerprint density at radius 2 is 1.75 bits per heavy atom. The summed E-state index contributed by atoms with van der Waals surface area (Å²) < 4.78 is 0. The molecule has 12 heavy (non-hydrogen) atoms. The fraction of sp³-hybridized carbons (Fsp3) is 0.600. The van der Waals surface area contributed by atoms with Gasteiger partial charge in [0, 0.05) is 6.42 Å². The van der Waals surface area contributed by atoms with Crippen molar-refractivity contribution < 1.29 is 25.3 Å². The van der Waals surface area contributed by atoms with Crippen LogP contribution >= 0.6 is 0 Å². The number of hydrogen-bond acceptors (Lipinski definition) is 3. The quantitative estimate of drug-likeness (QED) is 0.431. The standard InChI is InChI=1S/C5H9NO4.Na.H2O.H/c6-3(5(9)10)1-2-4(7)8;;;/h3H,1-2,6H2,(H,7,8)(H,9,10);;1H2;/t3-;;;/m1.../s1. The Balaban J connectivity index is -0.000000405. The maximum absolute atomic E-state index is 9.99. The van der Waals surface area contributed by atoms with Crippen molar-refractivity contribution in [1.82, 2.24) is 0 Å². The monoisotopic (exact) mass is 189 g/mol. The first-order valence-electron chi connectivity index (χ1n) is 2.74. The van der Waals surface area contributed by atoms with Crippen LogP contribution in [0.5, 0.6) is 0 Å². The van der Waals surface area contributed by atoms with E-state index in [4.69, 9.17) is 15.9 Å². The number of hydrogen-bond donors (Lipinski definition) is 3. The third-order valence-corrected chi connectivity index (χ3v) is 0.986. The summed E-state index contributed by atoms with van der Waals surface area (Å²) in [7, 11) is 0. The van der Waals surface area contributed by atoms with Gasteiger partial charge in [-0.25, -0.2) is 0 Å². The van der Waals surface area contributed by atoms with Crippen LogP contribution in [0.4, 0.5) is 0 Å². The molecule has 6 N–H and O–H groups in total. The third-order valence-electron chi connectivity index (χ3n) is 0.986. The Hall–Kier alpha value is -0.140. The molecule has 0 fully saturated rings.